The first kappa shape index (κ1) is 14.6. The number of ether oxygens (including phenoxy) is 1. The van der Waals surface area contributed by atoms with Crippen molar-refractivity contribution < 1.29 is 24.6 Å². The highest BCUT2D eigenvalue weighted by atomic mass is 17.0. The molecular weight excluding hydrogens is 222 g/mol. The van der Waals surface area contributed by atoms with E-state index in [2.05, 4.69) is 10.2 Å². The molecule has 94 valence electrons. The van der Waals surface area contributed by atoms with Gasteiger partial charge in [-0.2, -0.15) is 0 Å². The fourth-order valence-corrected chi connectivity index (χ4v) is 0.733. The molecule has 0 saturated carbocycles. The molecule has 9 nitrogen and oxygen atoms in total. The SMILES string of the molecule is NC(CO)C(=O)NCCOCCO[N+](=O)[O-]. The second-order valence-electron chi connectivity index (χ2n) is 2.75. The van der Waals surface area contributed by atoms with Crippen molar-refractivity contribution in [2.24, 2.45) is 5.73 Å². The van der Waals surface area contributed by atoms with Gasteiger partial charge >= 0.3 is 0 Å². The Bertz CT molecular complexity index is 224. The molecule has 0 aromatic carbocycles. The van der Waals surface area contributed by atoms with Crippen LogP contribution in [0.5, 0.6) is 0 Å². The van der Waals surface area contributed by atoms with Gasteiger partial charge in [-0.1, -0.05) is 0 Å². The normalized spacial score (nSPS) is 11.9. The van der Waals surface area contributed by atoms with E-state index in [0.717, 1.165) is 0 Å². The van der Waals surface area contributed by atoms with E-state index < -0.39 is 23.6 Å². The Kier molecular flexibility index (Phi) is 8.03. The van der Waals surface area contributed by atoms with E-state index in [-0.39, 0.29) is 26.4 Å². The number of nitrogens with zero attached hydrogens (tertiary/aromatic N) is 1. The van der Waals surface area contributed by atoms with Gasteiger partial charge in [-0.05, 0) is 0 Å². The number of rotatable bonds is 9. The number of aliphatic hydroxyl groups excluding tert-OH is 1. The Morgan fingerprint density at radius 1 is 1.50 bits per heavy atom. The summed E-state index contributed by atoms with van der Waals surface area (Å²) in [6.07, 6.45) is 0. The van der Waals surface area contributed by atoms with Crippen molar-refractivity contribution in [3.63, 3.8) is 0 Å². The molecule has 0 spiro atoms. The summed E-state index contributed by atoms with van der Waals surface area (Å²) in [6.45, 7) is -0.126. The third-order valence-corrected chi connectivity index (χ3v) is 1.50. The van der Waals surface area contributed by atoms with Gasteiger partial charge in [0.1, 0.15) is 12.6 Å². The standard InChI is InChI=1S/C7H15N3O6/c8-6(5-11)7(12)9-1-2-15-3-4-16-10(13)14/h6,11H,1-5,8H2,(H,9,12). The summed E-state index contributed by atoms with van der Waals surface area (Å²) < 4.78 is 4.90. The molecule has 0 saturated heterocycles. The van der Waals surface area contributed by atoms with Crippen LogP contribution in [-0.4, -0.2) is 55.1 Å². The maximum atomic E-state index is 11.0. The molecule has 0 aliphatic heterocycles. The predicted octanol–water partition coefficient (Wildman–Crippen LogP) is -2.35. The van der Waals surface area contributed by atoms with Crippen LogP contribution in [0.1, 0.15) is 0 Å². The molecule has 0 bridgehead atoms. The molecule has 0 fully saturated rings. The van der Waals surface area contributed by atoms with Crippen LogP contribution in [0, 0.1) is 10.1 Å². The van der Waals surface area contributed by atoms with Gasteiger partial charge in [-0.3, -0.25) is 4.79 Å². The summed E-state index contributed by atoms with van der Waals surface area (Å²) in [5.41, 5.74) is 5.21. The molecule has 16 heavy (non-hydrogen) atoms. The van der Waals surface area contributed by atoms with E-state index in [4.69, 9.17) is 15.6 Å². The topological polar surface area (TPSA) is 137 Å². The molecule has 1 amide bonds. The minimum atomic E-state index is -0.946. The molecule has 0 radical (unpaired) electrons. The number of nitrogens with one attached hydrogen (secondary N) is 1. The third-order valence-electron chi connectivity index (χ3n) is 1.50. The highest BCUT2D eigenvalue weighted by molar-refractivity contribution is 5.81. The van der Waals surface area contributed by atoms with Gasteiger partial charge < -0.3 is 25.7 Å². The first-order valence-electron chi connectivity index (χ1n) is 4.57. The molecule has 0 heterocycles. The highest BCUT2D eigenvalue weighted by Gasteiger charge is 2.10. The van der Waals surface area contributed by atoms with Crippen molar-refractivity contribution in [1.82, 2.24) is 5.32 Å². The van der Waals surface area contributed by atoms with Gasteiger partial charge in [0.05, 0.1) is 19.8 Å². The number of amides is 1. The molecule has 9 heteroatoms. The van der Waals surface area contributed by atoms with Crippen LogP contribution in [0.2, 0.25) is 0 Å². The number of carbonyl (C=O) groups excluding carboxylic acids is 1. The average molecular weight is 237 g/mol. The lowest BCUT2D eigenvalue weighted by Crippen LogP contribution is -2.44. The second-order valence-corrected chi connectivity index (χ2v) is 2.75. The maximum Gasteiger partial charge on any atom is 0.294 e. The largest absolute Gasteiger partial charge is 0.394 e. The van der Waals surface area contributed by atoms with E-state index in [0.29, 0.717) is 0 Å². The smallest absolute Gasteiger partial charge is 0.294 e. The van der Waals surface area contributed by atoms with Crippen molar-refractivity contribution in [2.75, 3.05) is 33.0 Å². The Balaban J connectivity index is 3.27. The van der Waals surface area contributed by atoms with Gasteiger partial charge in [-0.15, -0.1) is 10.1 Å². The average Bonchev–Trinajstić information content (AvgIpc) is 2.25. The van der Waals surface area contributed by atoms with E-state index >= 15 is 0 Å². The van der Waals surface area contributed by atoms with Crippen LogP contribution in [0.15, 0.2) is 0 Å². The van der Waals surface area contributed by atoms with Crippen molar-refractivity contribution in [3.8, 4) is 0 Å². The van der Waals surface area contributed by atoms with Gasteiger partial charge in [0, 0.05) is 6.54 Å². The summed E-state index contributed by atoms with van der Waals surface area (Å²) >= 11 is 0. The van der Waals surface area contributed by atoms with Crippen LogP contribution in [0.3, 0.4) is 0 Å². The monoisotopic (exact) mass is 237 g/mol. The van der Waals surface area contributed by atoms with E-state index in [1.165, 1.54) is 0 Å². The minimum absolute atomic E-state index is 0.0584. The first-order chi connectivity index (χ1) is 7.57. The van der Waals surface area contributed by atoms with Crippen LogP contribution < -0.4 is 11.1 Å². The Morgan fingerprint density at radius 3 is 2.75 bits per heavy atom. The number of hydrogen-bond donors (Lipinski definition) is 3. The zero-order chi connectivity index (χ0) is 12.4. The quantitative estimate of drug-likeness (QED) is 0.232. The van der Waals surface area contributed by atoms with Crippen molar-refractivity contribution in [1.29, 1.82) is 0 Å². The van der Waals surface area contributed by atoms with Crippen LogP contribution >= 0.6 is 0 Å². The number of hydrogen-bond acceptors (Lipinski definition) is 7. The first-order valence-corrected chi connectivity index (χ1v) is 4.57. The molecule has 4 N–H and O–H groups in total. The van der Waals surface area contributed by atoms with Crippen LogP contribution in [-0.2, 0) is 14.4 Å². The zero-order valence-electron chi connectivity index (χ0n) is 8.63. The van der Waals surface area contributed by atoms with E-state index in [1.807, 2.05) is 0 Å². The summed E-state index contributed by atoms with van der Waals surface area (Å²) in [6, 6.07) is -0.946. The number of carbonyl (C=O) groups is 1. The lowest BCUT2D eigenvalue weighted by Gasteiger charge is -2.09. The van der Waals surface area contributed by atoms with E-state index in [9.17, 15) is 14.9 Å². The number of aliphatic hydroxyl groups is 1. The molecule has 0 aromatic rings. The summed E-state index contributed by atoms with van der Waals surface area (Å²) in [5, 5.41) is 19.7. The third kappa shape index (κ3) is 7.91. The van der Waals surface area contributed by atoms with Crippen molar-refractivity contribution in [3.05, 3.63) is 10.1 Å². The molecule has 1 atom stereocenters. The second kappa shape index (κ2) is 8.83. The van der Waals surface area contributed by atoms with Gasteiger partial charge in [0.25, 0.3) is 5.09 Å². The molecule has 0 aliphatic rings. The lowest BCUT2D eigenvalue weighted by molar-refractivity contribution is -0.758. The number of nitrogens with two attached hydrogens (primary N) is 1. The van der Waals surface area contributed by atoms with Gasteiger partial charge in [-0.25, -0.2) is 0 Å². The molecule has 0 aromatic heterocycles. The zero-order valence-corrected chi connectivity index (χ0v) is 8.63. The summed E-state index contributed by atoms with van der Waals surface area (Å²) in [4.78, 5) is 24.7. The Morgan fingerprint density at radius 2 is 2.19 bits per heavy atom. The fraction of sp³-hybridized carbons (Fsp3) is 0.857. The van der Waals surface area contributed by atoms with E-state index in [1.54, 1.807) is 0 Å². The van der Waals surface area contributed by atoms with Gasteiger partial charge in [0.15, 0.2) is 0 Å². The summed E-state index contributed by atoms with van der Waals surface area (Å²) in [7, 11) is 0. The predicted molar refractivity (Wildman–Crippen MR) is 51.8 cm³/mol. The highest BCUT2D eigenvalue weighted by Crippen LogP contribution is 1.80. The maximum absolute atomic E-state index is 11.0. The molecular formula is C7H15N3O6. The van der Waals surface area contributed by atoms with Crippen molar-refractivity contribution >= 4 is 5.91 Å². The lowest BCUT2D eigenvalue weighted by atomic mass is 10.3. The minimum Gasteiger partial charge on any atom is -0.394 e. The molecule has 0 aliphatic carbocycles. The molecule has 1 unspecified atom stereocenters. The Labute approximate surface area is 91.6 Å². The summed E-state index contributed by atoms with van der Waals surface area (Å²) in [5.74, 6) is -0.479. The van der Waals surface area contributed by atoms with Crippen LogP contribution in [0.25, 0.3) is 0 Å². The van der Waals surface area contributed by atoms with Crippen molar-refractivity contribution in [2.45, 2.75) is 6.04 Å². The Hall–Kier alpha value is -1.45. The van der Waals surface area contributed by atoms with Crippen LogP contribution in [0.4, 0.5) is 0 Å². The molecule has 0 rings (SSSR count). The van der Waals surface area contributed by atoms with Gasteiger partial charge in [0.2, 0.25) is 5.91 Å². The fourth-order valence-electron chi connectivity index (χ4n) is 0.733.